The highest BCUT2D eigenvalue weighted by molar-refractivity contribution is 5.54. The highest BCUT2D eigenvalue weighted by Gasteiger charge is 2.03. The predicted octanol–water partition coefficient (Wildman–Crippen LogP) is 1.79. The Labute approximate surface area is 96.5 Å². The second-order valence-corrected chi connectivity index (χ2v) is 3.60. The average molecular weight is 222 g/mol. The number of hydrogen-bond acceptors (Lipinski definition) is 3. The molecule has 16 heavy (non-hydrogen) atoms. The van der Waals surface area contributed by atoms with Crippen molar-refractivity contribution in [1.29, 1.82) is 0 Å². The van der Waals surface area contributed by atoms with Crippen LogP contribution in [-0.4, -0.2) is 39.6 Å². The number of aliphatic imine (C=N–C) groups is 1. The molecule has 1 rings (SSSR count). The minimum atomic E-state index is 0.603. The molecule has 0 spiro atoms. The third kappa shape index (κ3) is 3.46. The largest absolute Gasteiger partial charge is 0.497 e. The van der Waals surface area contributed by atoms with Crippen molar-refractivity contribution in [3.8, 4) is 11.5 Å². The second kappa shape index (κ2) is 6.00. The molecule has 0 amide bonds. The number of nitrogens with zero attached hydrogens (tertiary/aromatic N) is 2. The molecule has 0 aromatic heterocycles. The van der Waals surface area contributed by atoms with Gasteiger partial charge >= 0.3 is 0 Å². The molecule has 0 aliphatic carbocycles. The molecule has 0 aliphatic heterocycles. The van der Waals surface area contributed by atoms with Crippen LogP contribution in [0.2, 0.25) is 0 Å². The summed E-state index contributed by atoms with van der Waals surface area (Å²) >= 11 is 0. The van der Waals surface area contributed by atoms with E-state index in [0.717, 1.165) is 17.1 Å². The van der Waals surface area contributed by atoms with Crippen molar-refractivity contribution in [1.82, 2.24) is 4.90 Å². The molecule has 0 radical (unpaired) electrons. The molecule has 0 heterocycles. The Hall–Kier alpha value is -1.71. The van der Waals surface area contributed by atoms with Gasteiger partial charge < -0.3 is 14.4 Å². The summed E-state index contributed by atoms with van der Waals surface area (Å²) in [7, 11) is 7.16. The van der Waals surface area contributed by atoms with Crippen molar-refractivity contribution in [3.05, 3.63) is 23.8 Å². The lowest BCUT2D eigenvalue weighted by Crippen LogP contribution is -2.07. The summed E-state index contributed by atoms with van der Waals surface area (Å²) in [5.74, 6) is 1.59. The summed E-state index contributed by atoms with van der Waals surface area (Å²) < 4.78 is 10.4. The Morgan fingerprint density at radius 1 is 1.25 bits per heavy atom. The quantitative estimate of drug-likeness (QED) is 0.562. The Balaban J connectivity index is 2.79. The maximum Gasteiger partial charge on any atom is 0.127 e. The van der Waals surface area contributed by atoms with E-state index in [1.54, 1.807) is 20.6 Å². The topological polar surface area (TPSA) is 34.1 Å². The highest BCUT2D eigenvalue weighted by Crippen LogP contribution is 2.24. The van der Waals surface area contributed by atoms with Crippen LogP contribution in [0, 0.1) is 0 Å². The molecule has 0 aliphatic rings. The van der Waals surface area contributed by atoms with E-state index in [1.165, 1.54) is 0 Å². The molecular weight excluding hydrogens is 204 g/mol. The first-order chi connectivity index (χ1) is 7.67. The molecule has 1 aromatic carbocycles. The molecule has 1 aromatic rings. The van der Waals surface area contributed by atoms with Gasteiger partial charge in [-0.15, -0.1) is 0 Å². The van der Waals surface area contributed by atoms with E-state index in [1.807, 2.05) is 37.2 Å². The van der Waals surface area contributed by atoms with Gasteiger partial charge in [0.1, 0.15) is 11.5 Å². The van der Waals surface area contributed by atoms with Gasteiger partial charge in [0, 0.05) is 25.7 Å². The standard InChI is InChI=1S/C12H18N2O2/c1-14(2)9-13-8-10-5-6-11(15-3)7-12(10)16-4/h5-7,9H,8H2,1-4H3. The molecule has 0 atom stereocenters. The summed E-state index contributed by atoms with van der Waals surface area (Å²) in [6, 6.07) is 5.73. The Morgan fingerprint density at radius 3 is 2.56 bits per heavy atom. The van der Waals surface area contributed by atoms with Gasteiger partial charge in [0.05, 0.1) is 27.1 Å². The molecule has 0 fully saturated rings. The number of hydrogen-bond donors (Lipinski definition) is 0. The summed E-state index contributed by atoms with van der Waals surface area (Å²) in [6.45, 7) is 0.603. The normalized spacial score (nSPS) is 10.5. The molecule has 4 heteroatoms. The van der Waals surface area contributed by atoms with Crippen LogP contribution in [0.15, 0.2) is 23.2 Å². The summed E-state index contributed by atoms with van der Waals surface area (Å²) in [6.07, 6.45) is 1.78. The van der Waals surface area contributed by atoms with Gasteiger partial charge in [-0.1, -0.05) is 0 Å². The maximum absolute atomic E-state index is 5.28. The molecule has 88 valence electrons. The van der Waals surface area contributed by atoms with Crippen molar-refractivity contribution in [2.24, 2.45) is 4.99 Å². The van der Waals surface area contributed by atoms with E-state index < -0.39 is 0 Å². The van der Waals surface area contributed by atoms with Crippen molar-refractivity contribution in [3.63, 3.8) is 0 Å². The van der Waals surface area contributed by atoms with Crippen molar-refractivity contribution < 1.29 is 9.47 Å². The zero-order valence-corrected chi connectivity index (χ0v) is 10.2. The monoisotopic (exact) mass is 222 g/mol. The van der Waals surface area contributed by atoms with E-state index in [2.05, 4.69) is 4.99 Å². The third-order valence-electron chi connectivity index (χ3n) is 2.07. The smallest absolute Gasteiger partial charge is 0.127 e. The van der Waals surface area contributed by atoms with Crippen LogP contribution >= 0.6 is 0 Å². The van der Waals surface area contributed by atoms with E-state index >= 15 is 0 Å². The first-order valence-corrected chi connectivity index (χ1v) is 5.04. The van der Waals surface area contributed by atoms with Gasteiger partial charge in [0.2, 0.25) is 0 Å². The fourth-order valence-corrected chi connectivity index (χ4v) is 1.28. The summed E-state index contributed by atoms with van der Waals surface area (Å²) in [5.41, 5.74) is 1.04. The molecular formula is C12H18N2O2. The fraction of sp³-hybridized carbons (Fsp3) is 0.417. The minimum absolute atomic E-state index is 0.603. The number of benzene rings is 1. The number of methoxy groups -OCH3 is 2. The Morgan fingerprint density at radius 2 is 2.00 bits per heavy atom. The molecule has 4 nitrogen and oxygen atoms in total. The molecule has 0 bridgehead atoms. The number of ether oxygens (including phenoxy) is 2. The van der Waals surface area contributed by atoms with Crippen LogP contribution in [0.4, 0.5) is 0 Å². The molecule has 0 unspecified atom stereocenters. The summed E-state index contributed by atoms with van der Waals surface area (Å²) in [4.78, 5) is 6.18. The maximum atomic E-state index is 5.28. The Bertz CT molecular complexity index is 362. The molecule has 0 saturated carbocycles. The lowest BCUT2D eigenvalue weighted by atomic mass is 10.2. The lowest BCUT2D eigenvalue weighted by Gasteiger charge is -2.09. The van der Waals surface area contributed by atoms with Crippen molar-refractivity contribution in [2.45, 2.75) is 6.54 Å². The zero-order valence-electron chi connectivity index (χ0n) is 10.2. The second-order valence-electron chi connectivity index (χ2n) is 3.60. The van der Waals surface area contributed by atoms with Crippen LogP contribution in [-0.2, 0) is 6.54 Å². The van der Waals surface area contributed by atoms with E-state index in [0.29, 0.717) is 6.54 Å². The highest BCUT2D eigenvalue weighted by atomic mass is 16.5. The third-order valence-corrected chi connectivity index (χ3v) is 2.07. The van der Waals surface area contributed by atoms with Crippen LogP contribution in [0.5, 0.6) is 11.5 Å². The first kappa shape index (κ1) is 12.4. The SMILES string of the molecule is COc1ccc(CN=CN(C)C)c(OC)c1. The average Bonchev–Trinajstić information content (AvgIpc) is 2.29. The van der Waals surface area contributed by atoms with Crippen molar-refractivity contribution in [2.75, 3.05) is 28.3 Å². The fourth-order valence-electron chi connectivity index (χ4n) is 1.28. The van der Waals surface area contributed by atoms with Crippen LogP contribution in [0.1, 0.15) is 5.56 Å². The van der Waals surface area contributed by atoms with Gasteiger partial charge in [0.15, 0.2) is 0 Å². The van der Waals surface area contributed by atoms with Crippen LogP contribution < -0.4 is 9.47 Å². The van der Waals surface area contributed by atoms with Crippen LogP contribution in [0.3, 0.4) is 0 Å². The zero-order chi connectivity index (χ0) is 12.0. The van der Waals surface area contributed by atoms with E-state index in [4.69, 9.17) is 9.47 Å². The molecule has 0 saturated heterocycles. The van der Waals surface area contributed by atoms with Crippen LogP contribution in [0.25, 0.3) is 0 Å². The van der Waals surface area contributed by atoms with Gasteiger partial charge in [-0.05, 0) is 12.1 Å². The van der Waals surface area contributed by atoms with Crippen molar-refractivity contribution >= 4 is 6.34 Å². The van der Waals surface area contributed by atoms with Gasteiger partial charge in [-0.25, -0.2) is 0 Å². The number of rotatable bonds is 5. The Kier molecular flexibility index (Phi) is 4.64. The van der Waals surface area contributed by atoms with Gasteiger partial charge in [0.25, 0.3) is 0 Å². The molecule has 0 N–H and O–H groups in total. The first-order valence-electron chi connectivity index (χ1n) is 5.04. The van der Waals surface area contributed by atoms with Gasteiger partial charge in [-0.3, -0.25) is 4.99 Å². The summed E-state index contributed by atoms with van der Waals surface area (Å²) in [5, 5.41) is 0. The van der Waals surface area contributed by atoms with Gasteiger partial charge in [-0.2, -0.15) is 0 Å². The van der Waals surface area contributed by atoms with E-state index in [-0.39, 0.29) is 0 Å². The predicted molar refractivity (Wildman–Crippen MR) is 65.4 cm³/mol. The minimum Gasteiger partial charge on any atom is -0.497 e. The van der Waals surface area contributed by atoms with E-state index in [9.17, 15) is 0 Å². The lowest BCUT2D eigenvalue weighted by molar-refractivity contribution is 0.391.